The Hall–Kier alpha value is -3.72. The lowest BCUT2D eigenvalue weighted by molar-refractivity contribution is -0.274. The number of rotatable bonds is 7. The minimum Gasteiger partial charge on any atom is -0.480 e. The Morgan fingerprint density at radius 1 is 1.00 bits per heavy atom. The molecule has 0 radical (unpaired) electrons. The van der Waals surface area contributed by atoms with E-state index in [2.05, 4.69) is 10.1 Å². The van der Waals surface area contributed by atoms with Crippen molar-refractivity contribution in [2.45, 2.75) is 24.7 Å². The number of halogens is 4. The summed E-state index contributed by atoms with van der Waals surface area (Å²) >= 11 is 5.82. The van der Waals surface area contributed by atoms with Crippen molar-refractivity contribution in [3.8, 4) is 16.9 Å². The largest absolute Gasteiger partial charge is 0.573 e. The Bertz CT molecular complexity index is 1220. The molecule has 4 rings (SSSR count). The summed E-state index contributed by atoms with van der Waals surface area (Å²) in [6.45, 7) is 0.00149. The molecule has 3 aromatic carbocycles. The zero-order valence-electron chi connectivity index (χ0n) is 18.0. The molecular formula is C25H19ClF3NO5. The van der Waals surface area contributed by atoms with Gasteiger partial charge in [0.05, 0.1) is 5.02 Å². The van der Waals surface area contributed by atoms with Gasteiger partial charge in [0.1, 0.15) is 18.4 Å². The molecule has 0 aliphatic heterocycles. The number of fused-ring (bicyclic) bond motifs is 3. The molecule has 0 bridgehead atoms. The third kappa shape index (κ3) is 5.68. The molecule has 1 aliphatic carbocycles. The van der Waals surface area contributed by atoms with Crippen LogP contribution in [0.1, 0.15) is 22.6 Å². The van der Waals surface area contributed by atoms with Gasteiger partial charge >= 0.3 is 18.4 Å². The van der Waals surface area contributed by atoms with Crippen LogP contribution in [0.4, 0.5) is 18.0 Å². The fraction of sp³-hybridized carbons (Fsp3) is 0.200. The van der Waals surface area contributed by atoms with E-state index in [9.17, 15) is 27.9 Å². The molecule has 35 heavy (non-hydrogen) atoms. The third-order valence-electron chi connectivity index (χ3n) is 5.60. The zero-order chi connectivity index (χ0) is 25.2. The molecule has 0 spiro atoms. The van der Waals surface area contributed by atoms with E-state index in [1.165, 1.54) is 6.07 Å². The molecule has 0 saturated carbocycles. The Balaban J connectivity index is 1.41. The van der Waals surface area contributed by atoms with Gasteiger partial charge in [-0.2, -0.15) is 0 Å². The van der Waals surface area contributed by atoms with Gasteiger partial charge in [0, 0.05) is 12.3 Å². The maximum Gasteiger partial charge on any atom is 0.573 e. The van der Waals surface area contributed by atoms with E-state index >= 15 is 0 Å². The van der Waals surface area contributed by atoms with Crippen LogP contribution in [0.2, 0.25) is 5.02 Å². The molecule has 1 amide bonds. The van der Waals surface area contributed by atoms with Gasteiger partial charge in [-0.05, 0) is 39.9 Å². The fourth-order valence-electron chi connectivity index (χ4n) is 4.10. The molecule has 0 fully saturated rings. The predicted molar refractivity (Wildman–Crippen MR) is 121 cm³/mol. The third-order valence-corrected chi connectivity index (χ3v) is 5.89. The average Bonchev–Trinajstić information content (AvgIpc) is 3.12. The molecular weight excluding hydrogens is 487 g/mol. The van der Waals surface area contributed by atoms with Crippen LogP contribution in [-0.2, 0) is 16.0 Å². The van der Waals surface area contributed by atoms with Crippen molar-refractivity contribution in [3.63, 3.8) is 0 Å². The molecule has 6 nitrogen and oxygen atoms in total. The Kier molecular flexibility index (Phi) is 6.88. The summed E-state index contributed by atoms with van der Waals surface area (Å²) in [7, 11) is 0. The molecule has 1 aliphatic rings. The second-order valence-corrected chi connectivity index (χ2v) is 8.28. The van der Waals surface area contributed by atoms with Crippen LogP contribution in [0.15, 0.2) is 66.7 Å². The summed E-state index contributed by atoms with van der Waals surface area (Å²) in [6, 6.07) is 17.5. The zero-order valence-corrected chi connectivity index (χ0v) is 18.8. The molecule has 0 aromatic heterocycles. The van der Waals surface area contributed by atoms with E-state index in [4.69, 9.17) is 16.3 Å². The van der Waals surface area contributed by atoms with Gasteiger partial charge in [-0.15, -0.1) is 13.2 Å². The molecule has 182 valence electrons. The Morgan fingerprint density at radius 2 is 1.60 bits per heavy atom. The van der Waals surface area contributed by atoms with Crippen LogP contribution in [0.3, 0.4) is 0 Å². The van der Waals surface area contributed by atoms with Gasteiger partial charge in [0.15, 0.2) is 0 Å². The maximum atomic E-state index is 12.4. The van der Waals surface area contributed by atoms with Crippen molar-refractivity contribution in [3.05, 3.63) is 88.4 Å². The van der Waals surface area contributed by atoms with Gasteiger partial charge in [0.2, 0.25) is 0 Å². The topological polar surface area (TPSA) is 84.9 Å². The van der Waals surface area contributed by atoms with Gasteiger partial charge in [-0.3, -0.25) is 0 Å². The molecule has 3 aromatic rings. The average molecular weight is 506 g/mol. The summed E-state index contributed by atoms with van der Waals surface area (Å²) in [5, 5.41) is 11.5. The highest BCUT2D eigenvalue weighted by atomic mass is 35.5. The number of ether oxygens (including phenoxy) is 2. The SMILES string of the molecule is O=C(NC(Cc1ccc(OC(F)(F)F)c(Cl)c1)C(=O)O)OCC1c2ccccc2-c2ccccc21. The number of alkyl carbamates (subject to hydrolysis) is 1. The van der Waals surface area contributed by atoms with Gasteiger partial charge in [0.25, 0.3) is 0 Å². The number of nitrogens with one attached hydrogen (secondary N) is 1. The first-order valence-corrected chi connectivity index (χ1v) is 10.9. The highest BCUT2D eigenvalue weighted by Crippen LogP contribution is 2.44. The maximum absolute atomic E-state index is 12.4. The van der Waals surface area contributed by atoms with Crippen LogP contribution < -0.4 is 10.1 Å². The van der Waals surface area contributed by atoms with Crippen LogP contribution >= 0.6 is 11.6 Å². The minimum absolute atomic E-state index is 0.00149. The lowest BCUT2D eigenvalue weighted by Gasteiger charge is -2.18. The van der Waals surface area contributed by atoms with Crippen molar-refractivity contribution in [2.75, 3.05) is 6.61 Å². The van der Waals surface area contributed by atoms with Crippen molar-refractivity contribution in [2.24, 2.45) is 0 Å². The smallest absolute Gasteiger partial charge is 0.480 e. The number of carbonyl (C=O) groups is 2. The van der Waals surface area contributed by atoms with Crippen LogP contribution in [0.5, 0.6) is 5.75 Å². The molecule has 1 unspecified atom stereocenters. The lowest BCUT2D eigenvalue weighted by atomic mass is 9.98. The van der Waals surface area contributed by atoms with E-state index in [-0.39, 0.29) is 29.5 Å². The minimum atomic E-state index is -4.92. The molecule has 0 saturated heterocycles. The monoisotopic (exact) mass is 505 g/mol. The predicted octanol–water partition coefficient (Wildman–Crippen LogP) is 5.77. The number of carbonyl (C=O) groups excluding carboxylic acids is 1. The van der Waals surface area contributed by atoms with E-state index in [1.54, 1.807) is 0 Å². The van der Waals surface area contributed by atoms with Crippen LogP contribution in [0, 0.1) is 0 Å². The number of carboxylic acids is 1. The summed E-state index contributed by atoms with van der Waals surface area (Å²) in [6.07, 6.45) is -6.08. The highest BCUT2D eigenvalue weighted by Gasteiger charge is 2.32. The number of alkyl halides is 3. The van der Waals surface area contributed by atoms with E-state index < -0.39 is 30.2 Å². The number of aliphatic carboxylic acids is 1. The normalized spacial score (nSPS) is 13.5. The Labute approximate surface area is 203 Å². The first kappa shape index (κ1) is 24.4. The molecule has 10 heteroatoms. The van der Waals surface area contributed by atoms with Crippen molar-refractivity contribution >= 4 is 23.7 Å². The number of amides is 1. The fourth-order valence-corrected chi connectivity index (χ4v) is 4.34. The van der Waals surface area contributed by atoms with Crippen molar-refractivity contribution in [1.82, 2.24) is 5.32 Å². The highest BCUT2D eigenvalue weighted by molar-refractivity contribution is 6.32. The molecule has 2 N–H and O–H groups in total. The standard InChI is InChI=1S/C25H19ClF3NO5/c26-20-11-14(9-10-22(20)35-25(27,28)29)12-21(23(31)32)30-24(33)34-13-19-17-7-3-1-5-15(17)16-6-2-4-8-18(16)19/h1-11,19,21H,12-13H2,(H,30,33)(H,31,32). The quantitative estimate of drug-likeness (QED) is 0.425. The van der Waals surface area contributed by atoms with E-state index in [0.29, 0.717) is 0 Å². The van der Waals surface area contributed by atoms with E-state index in [0.717, 1.165) is 34.4 Å². The number of hydrogen-bond donors (Lipinski definition) is 2. The number of hydrogen-bond acceptors (Lipinski definition) is 4. The first-order chi connectivity index (χ1) is 16.6. The van der Waals surface area contributed by atoms with Crippen molar-refractivity contribution in [1.29, 1.82) is 0 Å². The van der Waals surface area contributed by atoms with Gasteiger partial charge < -0.3 is 19.9 Å². The van der Waals surface area contributed by atoms with Gasteiger partial charge in [-0.25, -0.2) is 9.59 Å². The van der Waals surface area contributed by atoms with Crippen LogP contribution in [0.25, 0.3) is 11.1 Å². The molecule has 1 atom stereocenters. The summed E-state index contributed by atoms with van der Waals surface area (Å²) in [5.74, 6) is -2.15. The lowest BCUT2D eigenvalue weighted by Crippen LogP contribution is -2.42. The molecule has 0 heterocycles. The van der Waals surface area contributed by atoms with Crippen molar-refractivity contribution < 1.29 is 37.3 Å². The second-order valence-electron chi connectivity index (χ2n) is 7.88. The second kappa shape index (κ2) is 9.87. The Morgan fingerprint density at radius 3 is 2.14 bits per heavy atom. The summed E-state index contributed by atoms with van der Waals surface area (Å²) in [4.78, 5) is 24.1. The van der Waals surface area contributed by atoms with Gasteiger partial charge in [-0.1, -0.05) is 66.2 Å². The first-order valence-electron chi connectivity index (χ1n) is 10.5. The number of carboxylic acid groups (broad SMARTS) is 1. The van der Waals surface area contributed by atoms with E-state index in [1.807, 2.05) is 48.5 Å². The van der Waals surface area contributed by atoms with Crippen LogP contribution in [-0.4, -0.2) is 36.2 Å². The summed E-state index contributed by atoms with van der Waals surface area (Å²) in [5.41, 5.74) is 4.40. The number of benzene rings is 3. The summed E-state index contributed by atoms with van der Waals surface area (Å²) < 4.78 is 46.4.